The Morgan fingerprint density at radius 1 is 1.30 bits per heavy atom. The average Bonchev–Trinajstić information content (AvgIpc) is 2.46. The predicted octanol–water partition coefficient (Wildman–Crippen LogP) is 3.99. The first-order valence-electron chi connectivity index (χ1n) is 5.97. The highest BCUT2D eigenvalue weighted by atomic mass is 79.9. The Bertz CT molecular complexity index is 631. The second-order valence-corrected chi connectivity index (χ2v) is 4.99. The number of carbonyl (C=O) groups is 1. The van der Waals surface area contributed by atoms with Gasteiger partial charge in [0.25, 0.3) is 0 Å². The van der Waals surface area contributed by atoms with Crippen molar-refractivity contribution < 1.29 is 13.9 Å². The first kappa shape index (κ1) is 14.5. The molecule has 1 N–H and O–H groups in total. The van der Waals surface area contributed by atoms with Crippen molar-refractivity contribution in [3.8, 4) is 0 Å². The quantitative estimate of drug-likeness (QED) is 0.857. The summed E-state index contributed by atoms with van der Waals surface area (Å²) in [7, 11) is 1.34. The second kappa shape index (κ2) is 6.52. The lowest BCUT2D eigenvalue weighted by atomic mass is 10.1. The maximum Gasteiger partial charge on any atom is 0.337 e. The highest BCUT2D eigenvalue weighted by molar-refractivity contribution is 9.10. The fraction of sp³-hybridized carbons (Fsp3) is 0.133. The van der Waals surface area contributed by atoms with Gasteiger partial charge >= 0.3 is 5.97 Å². The summed E-state index contributed by atoms with van der Waals surface area (Å²) in [6.45, 7) is 0.447. The van der Waals surface area contributed by atoms with Crippen LogP contribution in [0.3, 0.4) is 0 Å². The van der Waals surface area contributed by atoms with E-state index in [-0.39, 0.29) is 11.8 Å². The Morgan fingerprint density at radius 2 is 2.05 bits per heavy atom. The number of para-hydroxylation sites is 1. The van der Waals surface area contributed by atoms with Gasteiger partial charge in [-0.15, -0.1) is 0 Å². The third-order valence-electron chi connectivity index (χ3n) is 2.82. The van der Waals surface area contributed by atoms with Gasteiger partial charge in [-0.05, 0) is 29.8 Å². The predicted molar refractivity (Wildman–Crippen MR) is 79.2 cm³/mol. The van der Waals surface area contributed by atoms with E-state index in [1.807, 2.05) is 0 Å². The fourth-order valence-corrected chi connectivity index (χ4v) is 2.25. The van der Waals surface area contributed by atoms with Crippen LogP contribution in [0.1, 0.15) is 15.9 Å². The number of carbonyl (C=O) groups excluding carboxylic acids is 1. The first-order chi connectivity index (χ1) is 9.61. The van der Waals surface area contributed by atoms with Crippen molar-refractivity contribution in [2.45, 2.75) is 6.54 Å². The van der Waals surface area contributed by atoms with Gasteiger partial charge in [0.15, 0.2) is 0 Å². The van der Waals surface area contributed by atoms with E-state index >= 15 is 0 Å². The van der Waals surface area contributed by atoms with Crippen LogP contribution in [-0.4, -0.2) is 13.1 Å². The molecule has 0 aliphatic rings. The summed E-state index contributed by atoms with van der Waals surface area (Å²) in [5.74, 6) is -0.686. The molecule has 2 rings (SSSR count). The van der Waals surface area contributed by atoms with Crippen LogP contribution in [0.15, 0.2) is 46.9 Å². The van der Waals surface area contributed by atoms with Crippen LogP contribution in [0, 0.1) is 5.82 Å². The third-order valence-corrected chi connectivity index (χ3v) is 3.56. The van der Waals surface area contributed by atoms with Crippen molar-refractivity contribution in [2.75, 3.05) is 12.4 Å². The molecule has 0 atom stereocenters. The summed E-state index contributed by atoms with van der Waals surface area (Å²) in [5, 5.41) is 3.01. The Balaban J connectivity index is 2.11. The highest BCUT2D eigenvalue weighted by Gasteiger charge is 2.08. The highest BCUT2D eigenvalue weighted by Crippen LogP contribution is 2.21. The van der Waals surface area contributed by atoms with Gasteiger partial charge in [0.1, 0.15) is 5.82 Å². The Hall–Kier alpha value is -1.88. The molecule has 0 aromatic heterocycles. The lowest BCUT2D eigenvalue weighted by Gasteiger charge is -2.10. The van der Waals surface area contributed by atoms with Crippen LogP contribution < -0.4 is 5.32 Å². The second-order valence-electron chi connectivity index (χ2n) is 4.13. The molecule has 20 heavy (non-hydrogen) atoms. The number of halogens is 2. The van der Waals surface area contributed by atoms with Crippen LogP contribution in [0.2, 0.25) is 0 Å². The molecule has 5 heteroatoms. The molecular weight excluding hydrogens is 325 g/mol. The monoisotopic (exact) mass is 337 g/mol. The van der Waals surface area contributed by atoms with Gasteiger partial charge in [-0.3, -0.25) is 0 Å². The number of anilines is 1. The number of rotatable bonds is 4. The fourth-order valence-electron chi connectivity index (χ4n) is 1.73. The average molecular weight is 338 g/mol. The van der Waals surface area contributed by atoms with Gasteiger partial charge < -0.3 is 10.1 Å². The molecular formula is C15H13BrFNO2. The van der Waals surface area contributed by atoms with Gasteiger partial charge in [0, 0.05) is 11.0 Å². The standard InChI is InChI=1S/C15H13BrFNO2/c1-20-15(19)10-6-7-11(12(16)8-10)9-18-14-5-3-2-4-13(14)17/h2-8,18H,9H2,1H3. The van der Waals surface area contributed by atoms with E-state index in [4.69, 9.17) is 0 Å². The van der Waals surface area contributed by atoms with Crippen molar-refractivity contribution in [1.82, 2.24) is 0 Å². The minimum Gasteiger partial charge on any atom is -0.465 e. The number of hydrogen-bond acceptors (Lipinski definition) is 3. The summed E-state index contributed by atoms with van der Waals surface area (Å²) in [6, 6.07) is 11.6. The van der Waals surface area contributed by atoms with Crippen molar-refractivity contribution in [3.05, 3.63) is 63.9 Å². The van der Waals surface area contributed by atoms with Gasteiger partial charge in [-0.2, -0.15) is 0 Å². The minimum absolute atomic E-state index is 0.296. The van der Waals surface area contributed by atoms with Crippen molar-refractivity contribution >= 4 is 27.6 Å². The largest absolute Gasteiger partial charge is 0.465 e. The molecule has 0 fully saturated rings. The van der Waals surface area contributed by atoms with Crippen molar-refractivity contribution in [2.24, 2.45) is 0 Å². The molecule has 0 amide bonds. The van der Waals surface area contributed by atoms with E-state index in [1.165, 1.54) is 13.2 Å². The zero-order chi connectivity index (χ0) is 14.5. The van der Waals surface area contributed by atoms with Gasteiger partial charge in [-0.25, -0.2) is 9.18 Å². The number of esters is 1. The lowest BCUT2D eigenvalue weighted by Crippen LogP contribution is -2.05. The maximum atomic E-state index is 13.5. The van der Waals surface area contributed by atoms with E-state index in [0.29, 0.717) is 17.8 Å². The van der Waals surface area contributed by atoms with Crippen molar-refractivity contribution in [1.29, 1.82) is 0 Å². The molecule has 0 aliphatic heterocycles. The smallest absolute Gasteiger partial charge is 0.337 e. The van der Waals surface area contributed by atoms with Gasteiger partial charge in [0.2, 0.25) is 0 Å². The normalized spacial score (nSPS) is 10.2. The number of methoxy groups -OCH3 is 1. The number of nitrogens with one attached hydrogen (secondary N) is 1. The maximum absolute atomic E-state index is 13.5. The van der Waals surface area contributed by atoms with Gasteiger partial charge in [0.05, 0.1) is 18.4 Å². The third kappa shape index (κ3) is 3.36. The van der Waals surface area contributed by atoms with Crippen molar-refractivity contribution in [3.63, 3.8) is 0 Å². The number of benzene rings is 2. The summed E-state index contributed by atoms with van der Waals surface area (Å²) >= 11 is 3.40. The summed E-state index contributed by atoms with van der Waals surface area (Å²) in [6.07, 6.45) is 0. The van der Waals surface area contributed by atoms with E-state index in [1.54, 1.807) is 36.4 Å². The van der Waals surface area contributed by atoms with Crippen LogP contribution in [0.5, 0.6) is 0 Å². The topological polar surface area (TPSA) is 38.3 Å². The SMILES string of the molecule is COC(=O)c1ccc(CNc2ccccc2F)c(Br)c1. The molecule has 0 radical (unpaired) electrons. The van der Waals surface area contributed by atoms with Crippen LogP contribution in [0.25, 0.3) is 0 Å². The molecule has 0 unspecified atom stereocenters. The molecule has 3 nitrogen and oxygen atoms in total. The minimum atomic E-state index is -0.390. The molecule has 2 aromatic rings. The summed E-state index contributed by atoms with van der Waals surface area (Å²) < 4.78 is 18.9. The van der Waals surface area contributed by atoms with Crippen LogP contribution >= 0.6 is 15.9 Å². The lowest BCUT2D eigenvalue weighted by molar-refractivity contribution is 0.0600. The summed E-state index contributed by atoms with van der Waals surface area (Å²) in [5.41, 5.74) is 1.83. The molecule has 104 valence electrons. The molecule has 0 spiro atoms. The molecule has 0 saturated heterocycles. The first-order valence-corrected chi connectivity index (χ1v) is 6.76. The van der Waals surface area contributed by atoms with E-state index < -0.39 is 0 Å². The van der Waals surface area contributed by atoms with E-state index in [0.717, 1.165) is 10.0 Å². The van der Waals surface area contributed by atoms with E-state index in [9.17, 15) is 9.18 Å². The Labute approximate surface area is 124 Å². The van der Waals surface area contributed by atoms with Gasteiger partial charge in [-0.1, -0.05) is 34.1 Å². The zero-order valence-electron chi connectivity index (χ0n) is 10.8. The molecule has 0 aliphatic carbocycles. The Morgan fingerprint density at radius 3 is 2.70 bits per heavy atom. The number of hydrogen-bond donors (Lipinski definition) is 1. The molecule has 2 aromatic carbocycles. The molecule has 0 saturated carbocycles. The zero-order valence-corrected chi connectivity index (χ0v) is 12.4. The molecule has 0 bridgehead atoms. The van der Waals surface area contributed by atoms with E-state index in [2.05, 4.69) is 26.0 Å². The van der Waals surface area contributed by atoms with Crippen LogP contribution in [0.4, 0.5) is 10.1 Å². The Kier molecular flexibility index (Phi) is 4.74. The number of ether oxygens (including phenoxy) is 1. The molecule has 0 heterocycles. The van der Waals surface area contributed by atoms with Crippen LogP contribution in [-0.2, 0) is 11.3 Å². The summed E-state index contributed by atoms with van der Waals surface area (Å²) in [4.78, 5) is 11.4.